The van der Waals surface area contributed by atoms with Gasteiger partial charge in [0.1, 0.15) is 6.61 Å². The zero-order valence-corrected chi connectivity index (χ0v) is 7.99. The highest BCUT2D eigenvalue weighted by atomic mass is 16.5. The smallest absolute Gasteiger partial charge is 0.404 e. The lowest BCUT2D eigenvalue weighted by atomic mass is 10.2. The number of hydrogen-bond donors (Lipinski definition) is 1. The van der Waals surface area contributed by atoms with Gasteiger partial charge in [0.25, 0.3) is 0 Å². The maximum atomic E-state index is 10.2. The Morgan fingerprint density at radius 1 is 1.29 bits per heavy atom. The van der Waals surface area contributed by atoms with Crippen molar-refractivity contribution in [2.75, 3.05) is 0 Å². The molecule has 3 nitrogen and oxygen atoms in total. The maximum absolute atomic E-state index is 10.2. The zero-order chi connectivity index (χ0) is 10.1. The van der Waals surface area contributed by atoms with Crippen LogP contribution in [-0.2, 0) is 11.3 Å². The fourth-order valence-corrected chi connectivity index (χ4v) is 0.729. The quantitative estimate of drug-likeness (QED) is 0.792. The number of benzene rings is 1. The molecule has 80 valence electrons. The van der Waals surface area contributed by atoms with E-state index in [1.54, 1.807) is 0 Å². The second-order valence-corrected chi connectivity index (χ2v) is 2.09. The minimum absolute atomic E-state index is 0. The molecule has 0 aromatic heterocycles. The first-order valence-corrected chi connectivity index (χ1v) is 4.25. The van der Waals surface area contributed by atoms with Crippen LogP contribution in [0.2, 0.25) is 0 Å². The summed E-state index contributed by atoms with van der Waals surface area (Å²) in [4.78, 5) is 10.2. The van der Waals surface area contributed by atoms with Crippen molar-refractivity contribution in [3.8, 4) is 0 Å². The van der Waals surface area contributed by atoms with Gasteiger partial charge in [-0.3, -0.25) is 0 Å². The molecular formula is C11H19NO2. The largest absolute Gasteiger partial charge is 0.445 e. The Bertz CT molecular complexity index is 234. The van der Waals surface area contributed by atoms with Gasteiger partial charge in [-0.25, -0.2) is 4.79 Å². The molecule has 0 aliphatic carbocycles. The van der Waals surface area contributed by atoms with Crippen molar-refractivity contribution in [2.24, 2.45) is 5.73 Å². The summed E-state index contributed by atoms with van der Waals surface area (Å²) < 4.78 is 4.57. The minimum atomic E-state index is -0.742. The molecule has 3 heteroatoms. The molecule has 0 saturated heterocycles. The molecule has 0 radical (unpaired) electrons. The van der Waals surface area contributed by atoms with Crippen LogP contribution in [0, 0.1) is 0 Å². The average molecular weight is 197 g/mol. The van der Waals surface area contributed by atoms with E-state index in [1.165, 1.54) is 0 Å². The molecular weight excluding hydrogens is 178 g/mol. The third-order valence-corrected chi connectivity index (χ3v) is 1.22. The Morgan fingerprint density at radius 2 is 1.79 bits per heavy atom. The topological polar surface area (TPSA) is 52.3 Å². The molecule has 0 atom stereocenters. The standard InChI is InChI=1S/C8H9NO2.C2H6.CH4/c9-8(10)11-6-7-4-2-1-3-5-7;1-2;/h1-5H,6H2,(H2,9,10);1-2H3;1H4. The molecule has 1 amide bonds. The maximum Gasteiger partial charge on any atom is 0.404 e. The Hall–Kier alpha value is -1.51. The Balaban J connectivity index is 0. The summed E-state index contributed by atoms with van der Waals surface area (Å²) >= 11 is 0. The van der Waals surface area contributed by atoms with E-state index < -0.39 is 6.09 Å². The molecule has 0 heterocycles. The lowest BCUT2D eigenvalue weighted by Crippen LogP contribution is -2.12. The van der Waals surface area contributed by atoms with Gasteiger partial charge in [0.15, 0.2) is 0 Å². The number of carbonyl (C=O) groups is 1. The molecule has 0 spiro atoms. The Morgan fingerprint density at radius 3 is 2.21 bits per heavy atom. The first kappa shape index (κ1) is 15.0. The number of nitrogens with two attached hydrogens (primary N) is 1. The monoisotopic (exact) mass is 197 g/mol. The second-order valence-electron chi connectivity index (χ2n) is 2.09. The summed E-state index contributed by atoms with van der Waals surface area (Å²) in [7, 11) is 0. The summed E-state index contributed by atoms with van der Waals surface area (Å²) in [6.45, 7) is 4.25. The number of rotatable bonds is 2. The first-order valence-electron chi connectivity index (χ1n) is 4.25. The van der Waals surface area contributed by atoms with Crippen molar-refractivity contribution in [1.29, 1.82) is 0 Å². The molecule has 0 saturated carbocycles. The summed E-state index contributed by atoms with van der Waals surface area (Å²) in [6, 6.07) is 9.37. The van der Waals surface area contributed by atoms with E-state index in [1.807, 2.05) is 44.2 Å². The van der Waals surface area contributed by atoms with E-state index in [2.05, 4.69) is 4.74 Å². The highest BCUT2D eigenvalue weighted by molar-refractivity contribution is 5.64. The molecule has 0 bridgehead atoms. The molecule has 1 aromatic carbocycles. The molecule has 14 heavy (non-hydrogen) atoms. The lowest BCUT2D eigenvalue weighted by Gasteiger charge is -1.99. The number of ether oxygens (including phenoxy) is 1. The minimum Gasteiger partial charge on any atom is -0.445 e. The van der Waals surface area contributed by atoms with Crippen LogP contribution in [0.4, 0.5) is 4.79 Å². The Labute approximate surface area is 85.9 Å². The summed E-state index contributed by atoms with van der Waals surface area (Å²) in [5, 5.41) is 0. The predicted molar refractivity (Wildman–Crippen MR) is 58.9 cm³/mol. The van der Waals surface area contributed by atoms with Gasteiger partial charge in [0.05, 0.1) is 0 Å². The van der Waals surface area contributed by atoms with E-state index in [-0.39, 0.29) is 14.0 Å². The van der Waals surface area contributed by atoms with Gasteiger partial charge in [0, 0.05) is 0 Å². The summed E-state index contributed by atoms with van der Waals surface area (Å²) in [5.41, 5.74) is 5.72. The summed E-state index contributed by atoms with van der Waals surface area (Å²) in [6.07, 6.45) is -0.742. The van der Waals surface area contributed by atoms with E-state index in [4.69, 9.17) is 5.73 Å². The van der Waals surface area contributed by atoms with Gasteiger partial charge in [-0.05, 0) is 5.56 Å². The van der Waals surface area contributed by atoms with E-state index in [0.717, 1.165) is 5.56 Å². The average Bonchev–Trinajstić information content (AvgIpc) is 2.19. The van der Waals surface area contributed by atoms with Crippen LogP contribution in [0.1, 0.15) is 26.8 Å². The van der Waals surface area contributed by atoms with Crippen LogP contribution < -0.4 is 5.73 Å². The molecule has 0 fully saturated rings. The van der Waals surface area contributed by atoms with Gasteiger partial charge >= 0.3 is 6.09 Å². The van der Waals surface area contributed by atoms with Crippen LogP contribution >= 0.6 is 0 Å². The van der Waals surface area contributed by atoms with Crippen molar-refractivity contribution < 1.29 is 9.53 Å². The Kier molecular flexibility index (Phi) is 10.3. The molecule has 0 aliphatic heterocycles. The van der Waals surface area contributed by atoms with Crippen molar-refractivity contribution in [3.05, 3.63) is 35.9 Å². The number of primary amides is 1. The SMILES string of the molecule is C.CC.NC(=O)OCc1ccccc1. The molecule has 2 N–H and O–H groups in total. The number of hydrogen-bond acceptors (Lipinski definition) is 2. The fourth-order valence-electron chi connectivity index (χ4n) is 0.729. The third kappa shape index (κ3) is 7.16. The normalized spacial score (nSPS) is 7.57. The second kappa shape index (κ2) is 9.58. The van der Waals surface area contributed by atoms with Crippen LogP contribution in [0.3, 0.4) is 0 Å². The third-order valence-electron chi connectivity index (χ3n) is 1.22. The summed E-state index contributed by atoms with van der Waals surface area (Å²) in [5.74, 6) is 0. The number of carbonyl (C=O) groups excluding carboxylic acids is 1. The zero-order valence-electron chi connectivity index (χ0n) is 7.99. The van der Waals surface area contributed by atoms with E-state index >= 15 is 0 Å². The van der Waals surface area contributed by atoms with Crippen LogP contribution in [0.15, 0.2) is 30.3 Å². The molecule has 1 rings (SSSR count). The molecule has 1 aromatic rings. The van der Waals surface area contributed by atoms with Gasteiger partial charge < -0.3 is 10.5 Å². The fraction of sp³-hybridized carbons (Fsp3) is 0.364. The van der Waals surface area contributed by atoms with Crippen molar-refractivity contribution in [2.45, 2.75) is 27.9 Å². The predicted octanol–water partition coefficient (Wildman–Crippen LogP) is 2.94. The van der Waals surface area contributed by atoms with Crippen LogP contribution in [0.25, 0.3) is 0 Å². The highest BCUT2D eigenvalue weighted by Crippen LogP contribution is 1.99. The van der Waals surface area contributed by atoms with E-state index in [9.17, 15) is 4.79 Å². The van der Waals surface area contributed by atoms with Crippen molar-refractivity contribution in [3.63, 3.8) is 0 Å². The highest BCUT2D eigenvalue weighted by Gasteiger charge is 1.93. The van der Waals surface area contributed by atoms with Gasteiger partial charge in [-0.15, -0.1) is 0 Å². The van der Waals surface area contributed by atoms with Gasteiger partial charge in [-0.2, -0.15) is 0 Å². The van der Waals surface area contributed by atoms with E-state index in [0.29, 0.717) is 0 Å². The van der Waals surface area contributed by atoms with Gasteiger partial charge in [-0.1, -0.05) is 51.6 Å². The van der Waals surface area contributed by atoms with Crippen LogP contribution in [0.5, 0.6) is 0 Å². The molecule has 0 aliphatic rings. The lowest BCUT2D eigenvalue weighted by molar-refractivity contribution is 0.150. The molecule has 0 unspecified atom stereocenters. The number of amides is 1. The first-order chi connectivity index (χ1) is 6.29. The van der Waals surface area contributed by atoms with Gasteiger partial charge in [0.2, 0.25) is 0 Å². The van der Waals surface area contributed by atoms with Crippen molar-refractivity contribution in [1.82, 2.24) is 0 Å². The van der Waals surface area contributed by atoms with Crippen molar-refractivity contribution >= 4 is 6.09 Å². The van der Waals surface area contributed by atoms with Crippen LogP contribution in [-0.4, -0.2) is 6.09 Å².